The van der Waals surface area contributed by atoms with Crippen LogP contribution in [0.25, 0.3) is 10.8 Å². The van der Waals surface area contributed by atoms with E-state index in [-0.39, 0.29) is 11.5 Å². The van der Waals surface area contributed by atoms with Gasteiger partial charge in [-0.3, -0.25) is 9.59 Å². The van der Waals surface area contributed by atoms with Crippen LogP contribution >= 0.6 is 0 Å². The third kappa shape index (κ3) is 2.27. The third-order valence-electron chi connectivity index (χ3n) is 3.97. The number of pyridine rings is 1. The van der Waals surface area contributed by atoms with Crippen molar-refractivity contribution in [2.24, 2.45) is 5.92 Å². The van der Waals surface area contributed by atoms with Crippen LogP contribution in [0, 0.1) is 5.92 Å². The Bertz CT molecular complexity index is 700. The first-order chi connectivity index (χ1) is 9.65. The molecule has 0 atom stereocenters. The Kier molecular flexibility index (Phi) is 3.18. The minimum atomic E-state index is -0.699. The van der Waals surface area contributed by atoms with E-state index >= 15 is 0 Å². The lowest BCUT2D eigenvalue weighted by Crippen LogP contribution is -2.36. The molecule has 1 aromatic heterocycles. The van der Waals surface area contributed by atoms with Crippen molar-refractivity contribution in [3.05, 3.63) is 40.8 Å². The second-order valence-electron chi connectivity index (χ2n) is 5.18. The molecule has 3 rings (SSSR count). The van der Waals surface area contributed by atoms with Gasteiger partial charge in [-0.05, 0) is 42.5 Å². The number of aliphatic carboxylic acids is 1. The van der Waals surface area contributed by atoms with Gasteiger partial charge in [0.2, 0.25) is 0 Å². The minimum absolute atomic E-state index is 0.0846. The summed E-state index contributed by atoms with van der Waals surface area (Å²) in [4.78, 5) is 27.4. The van der Waals surface area contributed by atoms with Crippen LogP contribution in [0.3, 0.4) is 0 Å². The lowest BCUT2D eigenvalue weighted by atomic mass is 9.96. The normalized spacial score (nSPS) is 16.5. The number of piperidine rings is 1. The Morgan fingerprint density at radius 2 is 2.00 bits per heavy atom. The Balaban J connectivity index is 1.85. The topological polar surface area (TPSA) is 73.4 Å². The highest BCUT2D eigenvalue weighted by Crippen LogP contribution is 2.25. The number of fused-ring (bicyclic) bond motifs is 1. The summed E-state index contributed by atoms with van der Waals surface area (Å²) < 4.78 is 0. The second kappa shape index (κ2) is 5.00. The number of H-pyrrole nitrogens is 1. The average molecular weight is 272 g/mol. The fourth-order valence-electron chi connectivity index (χ4n) is 2.76. The fourth-order valence-corrected chi connectivity index (χ4v) is 2.76. The molecule has 20 heavy (non-hydrogen) atoms. The van der Waals surface area contributed by atoms with Gasteiger partial charge in [0.15, 0.2) is 0 Å². The van der Waals surface area contributed by atoms with Crippen molar-refractivity contribution in [2.75, 3.05) is 18.0 Å². The summed E-state index contributed by atoms with van der Waals surface area (Å²) in [7, 11) is 0. The molecule has 1 saturated heterocycles. The van der Waals surface area contributed by atoms with E-state index in [0.29, 0.717) is 18.2 Å². The number of carboxylic acids is 1. The first-order valence-electron chi connectivity index (χ1n) is 6.74. The van der Waals surface area contributed by atoms with E-state index in [4.69, 9.17) is 5.11 Å². The molecule has 1 aliphatic heterocycles. The first-order valence-corrected chi connectivity index (χ1v) is 6.74. The molecular formula is C15H16N2O3. The lowest BCUT2D eigenvalue weighted by Gasteiger charge is -2.32. The first kappa shape index (κ1) is 12.7. The molecule has 2 N–H and O–H groups in total. The maximum Gasteiger partial charge on any atom is 0.306 e. The number of carbonyl (C=O) groups is 1. The number of nitrogens with zero attached hydrogens (tertiary/aromatic N) is 1. The van der Waals surface area contributed by atoms with E-state index in [2.05, 4.69) is 9.88 Å². The summed E-state index contributed by atoms with van der Waals surface area (Å²) in [6, 6.07) is 7.63. The standard InChI is InChI=1S/C15H16N2O3/c18-14-13-2-1-12(9-11(13)3-6-16-14)17-7-4-10(5-8-17)15(19)20/h1-3,6,9-10H,4-5,7-8H2,(H,16,18)(H,19,20). The summed E-state index contributed by atoms with van der Waals surface area (Å²) >= 11 is 0. The third-order valence-corrected chi connectivity index (χ3v) is 3.97. The highest BCUT2D eigenvalue weighted by molar-refractivity contribution is 5.85. The van der Waals surface area contributed by atoms with E-state index < -0.39 is 5.97 Å². The van der Waals surface area contributed by atoms with Gasteiger partial charge < -0.3 is 15.0 Å². The Morgan fingerprint density at radius 1 is 1.25 bits per heavy atom. The lowest BCUT2D eigenvalue weighted by molar-refractivity contribution is -0.142. The van der Waals surface area contributed by atoms with Crippen molar-refractivity contribution in [3.63, 3.8) is 0 Å². The SMILES string of the molecule is O=C(O)C1CCN(c2ccc3c(=O)[nH]ccc3c2)CC1. The Morgan fingerprint density at radius 3 is 2.70 bits per heavy atom. The number of nitrogens with one attached hydrogen (secondary N) is 1. The average Bonchev–Trinajstić information content (AvgIpc) is 2.47. The highest BCUT2D eigenvalue weighted by Gasteiger charge is 2.24. The van der Waals surface area contributed by atoms with Gasteiger partial charge in [-0.1, -0.05) is 0 Å². The van der Waals surface area contributed by atoms with E-state index in [1.807, 2.05) is 24.3 Å². The molecule has 0 unspecified atom stereocenters. The van der Waals surface area contributed by atoms with Crippen molar-refractivity contribution < 1.29 is 9.90 Å². The largest absolute Gasteiger partial charge is 0.481 e. The molecule has 5 heteroatoms. The minimum Gasteiger partial charge on any atom is -0.481 e. The molecular weight excluding hydrogens is 256 g/mol. The van der Waals surface area contributed by atoms with Crippen LogP contribution in [0.15, 0.2) is 35.3 Å². The predicted molar refractivity (Wildman–Crippen MR) is 77.1 cm³/mol. The molecule has 5 nitrogen and oxygen atoms in total. The van der Waals surface area contributed by atoms with E-state index in [1.165, 1.54) is 0 Å². The van der Waals surface area contributed by atoms with Crippen LogP contribution in [0.4, 0.5) is 5.69 Å². The fraction of sp³-hybridized carbons (Fsp3) is 0.333. The number of anilines is 1. The van der Waals surface area contributed by atoms with Crippen LogP contribution in [-0.2, 0) is 4.79 Å². The van der Waals surface area contributed by atoms with Crippen LogP contribution in [0.2, 0.25) is 0 Å². The maximum atomic E-state index is 11.6. The summed E-state index contributed by atoms with van der Waals surface area (Å²) in [5.74, 6) is -0.927. The van der Waals surface area contributed by atoms with E-state index in [9.17, 15) is 9.59 Å². The predicted octanol–water partition coefficient (Wildman–Crippen LogP) is 1.83. The molecule has 1 fully saturated rings. The van der Waals surface area contributed by atoms with Crippen molar-refractivity contribution in [2.45, 2.75) is 12.8 Å². The molecule has 0 radical (unpaired) electrons. The van der Waals surface area contributed by atoms with Gasteiger partial charge in [0.05, 0.1) is 5.92 Å². The zero-order chi connectivity index (χ0) is 14.1. The van der Waals surface area contributed by atoms with Crippen molar-refractivity contribution >= 4 is 22.4 Å². The van der Waals surface area contributed by atoms with Gasteiger partial charge in [0, 0.05) is 30.4 Å². The zero-order valence-electron chi connectivity index (χ0n) is 11.0. The van der Waals surface area contributed by atoms with Crippen LogP contribution in [-0.4, -0.2) is 29.1 Å². The van der Waals surface area contributed by atoms with Crippen molar-refractivity contribution in [3.8, 4) is 0 Å². The molecule has 0 aliphatic carbocycles. The molecule has 0 spiro atoms. The van der Waals surface area contributed by atoms with Crippen LogP contribution in [0.1, 0.15) is 12.8 Å². The summed E-state index contributed by atoms with van der Waals surface area (Å²) in [5.41, 5.74) is 0.963. The molecule has 2 heterocycles. The number of hydrogen-bond acceptors (Lipinski definition) is 3. The number of carboxylic acid groups (broad SMARTS) is 1. The number of hydrogen-bond donors (Lipinski definition) is 2. The van der Waals surface area contributed by atoms with Gasteiger partial charge in [-0.15, -0.1) is 0 Å². The van der Waals surface area contributed by atoms with Crippen molar-refractivity contribution in [1.82, 2.24) is 4.98 Å². The zero-order valence-corrected chi connectivity index (χ0v) is 11.0. The molecule has 1 aromatic carbocycles. The molecule has 0 bridgehead atoms. The van der Waals surface area contributed by atoms with Gasteiger partial charge in [0.1, 0.15) is 0 Å². The number of aromatic nitrogens is 1. The number of benzene rings is 1. The monoisotopic (exact) mass is 272 g/mol. The summed E-state index contributed by atoms with van der Waals surface area (Å²) in [6.07, 6.45) is 2.98. The van der Waals surface area contributed by atoms with E-state index in [0.717, 1.165) is 24.2 Å². The van der Waals surface area contributed by atoms with Gasteiger partial charge in [0.25, 0.3) is 5.56 Å². The van der Waals surface area contributed by atoms with Crippen molar-refractivity contribution in [1.29, 1.82) is 0 Å². The molecule has 2 aromatic rings. The second-order valence-corrected chi connectivity index (χ2v) is 5.18. The van der Waals surface area contributed by atoms with Crippen LogP contribution < -0.4 is 10.5 Å². The van der Waals surface area contributed by atoms with Crippen LogP contribution in [0.5, 0.6) is 0 Å². The quantitative estimate of drug-likeness (QED) is 0.874. The number of rotatable bonds is 2. The molecule has 1 aliphatic rings. The summed E-state index contributed by atoms with van der Waals surface area (Å²) in [5, 5.41) is 10.6. The van der Waals surface area contributed by atoms with Gasteiger partial charge >= 0.3 is 5.97 Å². The smallest absolute Gasteiger partial charge is 0.306 e. The molecule has 0 amide bonds. The maximum absolute atomic E-state index is 11.6. The van der Waals surface area contributed by atoms with Gasteiger partial charge in [-0.2, -0.15) is 0 Å². The molecule has 104 valence electrons. The van der Waals surface area contributed by atoms with Gasteiger partial charge in [-0.25, -0.2) is 0 Å². The van der Waals surface area contributed by atoms with E-state index in [1.54, 1.807) is 6.20 Å². The molecule has 0 saturated carbocycles. The Hall–Kier alpha value is -2.30. The Labute approximate surface area is 115 Å². The number of aromatic amines is 1. The highest BCUT2D eigenvalue weighted by atomic mass is 16.4. The summed E-state index contributed by atoms with van der Waals surface area (Å²) in [6.45, 7) is 1.48.